The molecule has 41 heavy (non-hydrogen) atoms. The van der Waals surface area contributed by atoms with Gasteiger partial charge in [0.05, 0.1) is 34.0 Å². The smallest absolute Gasteiger partial charge is 0.235 e. The number of para-hydroxylation sites is 1. The van der Waals surface area contributed by atoms with E-state index in [-0.39, 0.29) is 0 Å². The number of rotatable bonds is 4. The Kier molecular flexibility index (Phi) is 5.42. The molecule has 4 heteroatoms. The number of fused-ring (bicyclic) bond motifs is 2. The molecule has 0 fully saturated rings. The van der Waals surface area contributed by atoms with E-state index in [1.807, 2.05) is 42.5 Å². The topological polar surface area (TPSA) is 41.9 Å². The molecule has 2 aromatic heterocycles. The van der Waals surface area contributed by atoms with Crippen LogP contribution in [-0.4, -0.2) is 15.0 Å². The van der Waals surface area contributed by atoms with E-state index in [0.717, 1.165) is 61.6 Å². The van der Waals surface area contributed by atoms with Crippen molar-refractivity contribution in [2.45, 2.75) is 0 Å². The third-order valence-electron chi connectivity index (χ3n) is 7.61. The number of aromatic nitrogens is 3. The van der Waals surface area contributed by atoms with Crippen LogP contribution in [0.15, 0.2) is 146 Å². The normalized spacial score (nSPS) is 11.9. The van der Waals surface area contributed by atoms with Crippen LogP contribution >= 0.6 is 0 Å². The van der Waals surface area contributed by atoms with Gasteiger partial charge in [-0.2, -0.15) is 0 Å². The maximum Gasteiger partial charge on any atom is 0.235 e. The number of hydrogen-bond acceptors (Lipinski definition) is 4. The minimum atomic E-state index is 0.628. The molecule has 0 saturated carbocycles. The van der Waals surface area contributed by atoms with E-state index in [4.69, 9.17) is 15.0 Å². The molecule has 0 spiro atoms. The summed E-state index contributed by atoms with van der Waals surface area (Å²) in [5.41, 5.74) is 11.2. The third-order valence-corrected chi connectivity index (χ3v) is 7.61. The molecule has 0 saturated heterocycles. The molecule has 0 atom stereocenters. The number of nitrogens with zero attached hydrogens (tertiary/aromatic N) is 4. The van der Waals surface area contributed by atoms with E-state index in [1.165, 1.54) is 5.56 Å². The van der Waals surface area contributed by atoms with Gasteiger partial charge in [0.15, 0.2) is 0 Å². The molecule has 4 nitrogen and oxygen atoms in total. The van der Waals surface area contributed by atoms with Gasteiger partial charge in [0, 0.05) is 27.6 Å². The van der Waals surface area contributed by atoms with Crippen molar-refractivity contribution in [2.75, 3.05) is 4.90 Å². The van der Waals surface area contributed by atoms with Crippen LogP contribution in [0.5, 0.6) is 0 Å². The van der Waals surface area contributed by atoms with Crippen LogP contribution in [0.4, 0.5) is 17.3 Å². The highest BCUT2D eigenvalue weighted by atomic mass is 15.3. The molecule has 0 bridgehead atoms. The largest absolute Gasteiger partial charge is 0.278 e. The summed E-state index contributed by atoms with van der Waals surface area (Å²) >= 11 is 0. The van der Waals surface area contributed by atoms with E-state index in [2.05, 4.69) is 108 Å². The van der Waals surface area contributed by atoms with E-state index in [9.17, 15) is 0 Å². The number of benzene rings is 5. The fourth-order valence-corrected chi connectivity index (χ4v) is 5.71. The van der Waals surface area contributed by atoms with Gasteiger partial charge in [0.25, 0.3) is 0 Å². The molecule has 0 amide bonds. The van der Waals surface area contributed by atoms with Crippen LogP contribution in [0.3, 0.4) is 0 Å². The molecule has 0 N–H and O–H groups in total. The third kappa shape index (κ3) is 3.97. The average molecular weight is 525 g/mol. The van der Waals surface area contributed by atoms with E-state index < -0.39 is 0 Å². The monoisotopic (exact) mass is 524 g/mol. The van der Waals surface area contributed by atoms with Crippen molar-refractivity contribution in [3.05, 3.63) is 146 Å². The Morgan fingerprint density at radius 3 is 1.51 bits per heavy atom. The Labute approximate surface area is 238 Å². The Morgan fingerprint density at radius 2 is 0.902 bits per heavy atom. The first kappa shape index (κ1) is 23.3. The first-order chi connectivity index (χ1) is 20.3. The van der Waals surface area contributed by atoms with Crippen molar-refractivity contribution >= 4 is 28.2 Å². The molecule has 1 aliphatic rings. The summed E-state index contributed by atoms with van der Waals surface area (Å²) in [6, 6.07) is 50.1. The number of hydrogen-bond donors (Lipinski definition) is 0. The molecule has 5 aromatic carbocycles. The van der Waals surface area contributed by atoms with Crippen molar-refractivity contribution in [1.29, 1.82) is 0 Å². The predicted octanol–water partition coefficient (Wildman–Crippen LogP) is 9.48. The van der Waals surface area contributed by atoms with Gasteiger partial charge in [-0.3, -0.25) is 4.90 Å². The van der Waals surface area contributed by atoms with Crippen molar-refractivity contribution in [3.63, 3.8) is 0 Å². The van der Waals surface area contributed by atoms with Gasteiger partial charge in [-0.15, -0.1) is 0 Å². The Balaban J connectivity index is 1.41. The molecular formula is C37H24N4. The molecule has 0 radical (unpaired) electrons. The van der Waals surface area contributed by atoms with E-state index >= 15 is 0 Å². The zero-order valence-electron chi connectivity index (χ0n) is 22.1. The average Bonchev–Trinajstić information content (AvgIpc) is 3.06. The van der Waals surface area contributed by atoms with Crippen molar-refractivity contribution in [1.82, 2.24) is 15.0 Å². The second-order valence-electron chi connectivity index (χ2n) is 10.1. The van der Waals surface area contributed by atoms with Gasteiger partial charge in [-0.1, -0.05) is 115 Å². The summed E-state index contributed by atoms with van der Waals surface area (Å²) in [6.45, 7) is 0. The zero-order chi connectivity index (χ0) is 27.2. The lowest BCUT2D eigenvalue weighted by atomic mass is 9.92. The molecule has 0 unspecified atom stereocenters. The van der Waals surface area contributed by atoms with Gasteiger partial charge in [0.1, 0.15) is 0 Å². The highest BCUT2D eigenvalue weighted by molar-refractivity contribution is 6.13. The maximum atomic E-state index is 5.17. The molecular weight excluding hydrogens is 500 g/mol. The van der Waals surface area contributed by atoms with Gasteiger partial charge in [-0.25, -0.2) is 15.0 Å². The molecule has 3 heterocycles. The lowest BCUT2D eigenvalue weighted by molar-refractivity contribution is 1.09. The van der Waals surface area contributed by atoms with Crippen molar-refractivity contribution in [2.24, 2.45) is 0 Å². The lowest BCUT2D eigenvalue weighted by Gasteiger charge is -2.32. The quantitative estimate of drug-likeness (QED) is 0.230. The number of anilines is 3. The summed E-state index contributed by atoms with van der Waals surface area (Å²) in [7, 11) is 0. The van der Waals surface area contributed by atoms with Gasteiger partial charge in [0.2, 0.25) is 5.95 Å². The van der Waals surface area contributed by atoms with E-state index in [1.54, 1.807) is 0 Å². The molecule has 0 aliphatic carbocycles. The summed E-state index contributed by atoms with van der Waals surface area (Å²) < 4.78 is 0. The van der Waals surface area contributed by atoms with Crippen molar-refractivity contribution in [3.8, 4) is 44.9 Å². The molecule has 8 rings (SSSR count). The summed E-state index contributed by atoms with van der Waals surface area (Å²) in [5.74, 6) is 0.628. The Morgan fingerprint density at radius 1 is 0.390 bits per heavy atom. The molecule has 7 aromatic rings. The maximum absolute atomic E-state index is 5.17. The van der Waals surface area contributed by atoms with Crippen LogP contribution in [0.1, 0.15) is 0 Å². The van der Waals surface area contributed by atoms with Gasteiger partial charge >= 0.3 is 0 Å². The Hall–Kier alpha value is -5.61. The van der Waals surface area contributed by atoms with Crippen LogP contribution in [0, 0.1) is 0 Å². The lowest BCUT2D eigenvalue weighted by Crippen LogP contribution is -2.18. The Bertz CT molecular complexity index is 1980. The second-order valence-corrected chi connectivity index (χ2v) is 10.1. The molecule has 1 aliphatic heterocycles. The number of pyridine rings is 1. The minimum absolute atomic E-state index is 0.628. The first-order valence-electron chi connectivity index (χ1n) is 13.7. The summed E-state index contributed by atoms with van der Waals surface area (Å²) in [6.07, 6.45) is 0. The van der Waals surface area contributed by atoms with Crippen LogP contribution in [0.25, 0.3) is 55.8 Å². The summed E-state index contributed by atoms with van der Waals surface area (Å²) in [4.78, 5) is 17.6. The van der Waals surface area contributed by atoms with Crippen LogP contribution in [-0.2, 0) is 0 Å². The van der Waals surface area contributed by atoms with Crippen LogP contribution < -0.4 is 4.90 Å². The van der Waals surface area contributed by atoms with Crippen LogP contribution in [0.2, 0.25) is 0 Å². The SMILES string of the molecule is c1ccc(-c2cc(-c3ccccc3)nc(N3c4ccccc4-c4cc(-c5ccccc5)nc5cccc3c45)n2)cc1. The fraction of sp³-hybridized carbons (Fsp3) is 0. The predicted molar refractivity (Wildman–Crippen MR) is 167 cm³/mol. The fourth-order valence-electron chi connectivity index (χ4n) is 5.71. The standard InChI is InChI=1S/C37H24N4/c1-4-13-25(14-5-1)31-23-29-28-19-10-11-21-34(28)41(35-22-12-20-30(38-31)36(29)35)37-39-32(26-15-6-2-7-16-26)24-33(40-37)27-17-8-3-9-18-27/h1-24H. The highest BCUT2D eigenvalue weighted by Crippen LogP contribution is 2.50. The van der Waals surface area contributed by atoms with Gasteiger partial charge < -0.3 is 0 Å². The zero-order valence-corrected chi connectivity index (χ0v) is 22.1. The highest BCUT2D eigenvalue weighted by Gasteiger charge is 2.29. The van der Waals surface area contributed by atoms with E-state index in [0.29, 0.717) is 5.95 Å². The second kappa shape index (κ2) is 9.54. The van der Waals surface area contributed by atoms with Gasteiger partial charge in [-0.05, 0) is 35.9 Å². The minimum Gasteiger partial charge on any atom is -0.278 e. The van der Waals surface area contributed by atoms with Crippen molar-refractivity contribution < 1.29 is 0 Å². The first-order valence-corrected chi connectivity index (χ1v) is 13.7. The molecule has 192 valence electrons. The summed E-state index contributed by atoms with van der Waals surface area (Å²) in [5, 5.41) is 1.10.